The van der Waals surface area contributed by atoms with Crippen molar-refractivity contribution in [3.63, 3.8) is 0 Å². The van der Waals surface area contributed by atoms with Gasteiger partial charge in [0.15, 0.2) is 23.8 Å². The molecule has 2 aromatic rings. The van der Waals surface area contributed by atoms with Gasteiger partial charge in [0.25, 0.3) is 5.91 Å². The van der Waals surface area contributed by atoms with E-state index in [1.165, 1.54) is 22.9 Å². The molecule has 3 fully saturated rings. The van der Waals surface area contributed by atoms with Crippen LogP contribution in [0.5, 0.6) is 0 Å². The number of nitrogens with two attached hydrogens (primary N) is 1. The second-order valence-electron chi connectivity index (χ2n) is 8.60. The number of ether oxygens (including phenoxy) is 2. The van der Waals surface area contributed by atoms with Crippen molar-refractivity contribution in [1.29, 1.82) is 0 Å². The van der Waals surface area contributed by atoms with Gasteiger partial charge in [-0.25, -0.2) is 19.7 Å². The standard InChI is InChI=1S/C21H25N7O6/c1-33-21(32)27(11-6-7-11)8-2-3-12-25-17(22)13-18(26-12)28(9-23-13)20-15(30)14(29)16(34-20)19(31)24-10-4-5-10/h9-11,14-16,20,29-30H,4-8H2,1H3,(H,24,31)(H2,22,25,26)/t14-,15+,16-,20+/m0/s1. The first kappa shape index (κ1) is 22.3. The van der Waals surface area contributed by atoms with Gasteiger partial charge in [0.1, 0.15) is 17.7 Å². The topological polar surface area (TPSA) is 178 Å². The number of carbonyl (C=O) groups is 2. The molecule has 0 bridgehead atoms. The fourth-order valence-corrected chi connectivity index (χ4v) is 3.85. The molecular formula is C21H25N7O6. The Balaban J connectivity index is 1.38. The van der Waals surface area contributed by atoms with Crippen LogP contribution in [0.4, 0.5) is 10.6 Å². The van der Waals surface area contributed by atoms with Gasteiger partial charge in [0.2, 0.25) is 5.82 Å². The number of hydrogen-bond acceptors (Lipinski definition) is 10. The smallest absolute Gasteiger partial charge is 0.410 e. The number of amides is 2. The fourth-order valence-electron chi connectivity index (χ4n) is 3.85. The van der Waals surface area contributed by atoms with Crippen LogP contribution in [0.3, 0.4) is 0 Å². The number of aliphatic hydroxyl groups excluding tert-OH is 2. The summed E-state index contributed by atoms with van der Waals surface area (Å²) in [5.74, 6) is 5.33. The largest absolute Gasteiger partial charge is 0.453 e. The van der Waals surface area contributed by atoms with Gasteiger partial charge >= 0.3 is 6.09 Å². The Labute approximate surface area is 194 Å². The van der Waals surface area contributed by atoms with E-state index in [1.807, 2.05) is 0 Å². The van der Waals surface area contributed by atoms with E-state index in [-0.39, 0.29) is 41.4 Å². The number of nitrogens with one attached hydrogen (secondary N) is 1. The van der Waals surface area contributed by atoms with Crippen LogP contribution in [-0.2, 0) is 14.3 Å². The van der Waals surface area contributed by atoms with Crippen LogP contribution < -0.4 is 11.1 Å². The van der Waals surface area contributed by atoms with E-state index in [0.717, 1.165) is 25.7 Å². The molecule has 1 saturated heterocycles. The van der Waals surface area contributed by atoms with Gasteiger partial charge in [-0.15, -0.1) is 0 Å². The zero-order chi connectivity index (χ0) is 24.0. The van der Waals surface area contributed by atoms with Crippen molar-refractivity contribution in [3.8, 4) is 11.8 Å². The molecule has 0 unspecified atom stereocenters. The summed E-state index contributed by atoms with van der Waals surface area (Å²) in [5.41, 5.74) is 6.52. The molecule has 2 aliphatic carbocycles. The maximum absolute atomic E-state index is 12.4. The molecule has 1 aliphatic heterocycles. The third-order valence-electron chi connectivity index (χ3n) is 5.99. The van der Waals surface area contributed by atoms with Gasteiger partial charge in [-0.2, -0.15) is 0 Å². The number of carbonyl (C=O) groups excluding carboxylic acids is 2. The van der Waals surface area contributed by atoms with Crippen LogP contribution >= 0.6 is 0 Å². The summed E-state index contributed by atoms with van der Waals surface area (Å²) in [6, 6.07) is 0.200. The number of nitrogen functional groups attached to an aromatic ring is 1. The molecule has 0 radical (unpaired) electrons. The van der Waals surface area contributed by atoms with Gasteiger partial charge in [0.05, 0.1) is 20.0 Å². The summed E-state index contributed by atoms with van der Waals surface area (Å²) in [6.45, 7) is 0.145. The zero-order valence-corrected chi connectivity index (χ0v) is 18.4. The highest BCUT2D eigenvalue weighted by Crippen LogP contribution is 2.33. The predicted octanol–water partition coefficient (Wildman–Crippen LogP) is -1.11. The van der Waals surface area contributed by atoms with Gasteiger partial charge in [0, 0.05) is 12.1 Å². The molecule has 2 amide bonds. The Morgan fingerprint density at radius 3 is 2.74 bits per heavy atom. The number of fused-ring (bicyclic) bond motifs is 1. The molecule has 5 rings (SSSR count). The summed E-state index contributed by atoms with van der Waals surface area (Å²) < 4.78 is 11.9. The SMILES string of the molecule is COC(=O)N(CC#Cc1nc(N)c2ncn([C@@H]3O[C@H](C(=O)NC4CC4)[C@@H](O)[C@H]3O)c2n1)C1CC1. The molecule has 5 N–H and O–H groups in total. The van der Waals surface area contributed by atoms with E-state index in [0.29, 0.717) is 0 Å². The molecule has 2 saturated carbocycles. The first-order valence-electron chi connectivity index (χ1n) is 11.0. The monoisotopic (exact) mass is 471 g/mol. The van der Waals surface area contributed by atoms with Crippen LogP contribution in [0.15, 0.2) is 6.33 Å². The average molecular weight is 471 g/mol. The predicted molar refractivity (Wildman–Crippen MR) is 116 cm³/mol. The Hall–Kier alpha value is -3.47. The fraction of sp³-hybridized carbons (Fsp3) is 0.571. The van der Waals surface area contributed by atoms with Gasteiger partial charge in [-0.05, 0) is 31.6 Å². The highest BCUT2D eigenvalue weighted by Gasteiger charge is 2.48. The molecule has 2 aromatic heterocycles. The van der Waals surface area contributed by atoms with Crippen molar-refractivity contribution in [2.45, 2.75) is 62.3 Å². The Bertz CT molecular complexity index is 1180. The number of hydrogen-bond donors (Lipinski definition) is 4. The third-order valence-corrected chi connectivity index (χ3v) is 5.99. The second-order valence-corrected chi connectivity index (χ2v) is 8.60. The number of nitrogens with zero attached hydrogens (tertiary/aromatic N) is 5. The van der Waals surface area contributed by atoms with Crippen LogP contribution in [0.25, 0.3) is 11.2 Å². The summed E-state index contributed by atoms with van der Waals surface area (Å²) in [7, 11) is 1.32. The molecule has 0 aromatic carbocycles. The quantitative estimate of drug-likeness (QED) is 0.391. The summed E-state index contributed by atoms with van der Waals surface area (Å²) in [5, 5.41) is 23.7. The normalized spacial score (nSPS) is 26.1. The van der Waals surface area contributed by atoms with Gasteiger partial charge in [-0.1, -0.05) is 5.92 Å². The first-order valence-corrected chi connectivity index (χ1v) is 11.0. The number of imidazole rings is 1. The molecular weight excluding hydrogens is 446 g/mol. The lowest BCUT2D eigenvalue weighted by Crippen LogP contribution is -2.43. The lowest BCUT2D eigenvalue weighted by molar-refractivity contribution is -0.137. The van der Waals surface area contributed by atoms with Crippen molar-refractivity contribution < 1.29 is 29.3 Å². The van der Waals surface area contributed by atoms with E-state index in [2.05, 4.69) is 32.1 Å². The van der Waals surface area contributed by atoms with E-state index in [1.54, 1.807) is 0 Å². The van der Waals surface area contributed by atoms with E-state index in [9.17, 15) is 19.8 Å². The molecule has 34 heavy (non-hydrogen) atoms. The Morgan fingerprint density at radius 2 is 2.06 bits per heavy atom. The van der Waals surface area contributed by atoms with Gasteiger partial charge in [-0.3, -0.25) is 14.3 Å². The number of anilines is 1. The first-order chi connectivity index (χ1) is 16.4. The van der Waals surface area contributed by atoms with E-state index in [4.69, 9.17) is 15.2 Å². The number of aromatic nitrogens is 4. The molecule has 180 valence electrons. The summed E-state index contributed by atoms with van der Waals surface area (Å²) in [4.78, 5) is 38.6. The highest BCUT2D eigenvalue weighted by molar-refractivity contribution is 5.83. The van der Waals surface area contributed by atoms with Crippen molar-refractivity contribution in [3.05, 3.63) is 12.2 Å². The molecule has 0 spiro atoms. The second kappa shape index (κ2) is 8.71. The van der Waals surface area contributed by atoms with E-state index >= 15 is 0 Å². The summed E-state index contributed by atoms with van der Waals surface area (Å²) >= 11 is 0. The van der Waals surface area contributed by atoms with Crippen molar-refractivity contribution >= 4 is 29.0 Å². The lowest BCUT2D eigenvalue weighted by Gasteiger charge is -2.17. The van der Waals surface area contributed by atoms with Crippen LogP contribution in [0.2, 0.25) is 0 Å². The zero-order valence-electron chi connectivity index (χ0n) is 18.4. The van der Waals surface area contributed by atoms with Crippen LogP contribution in [0, 0.1) is 11.8 Å². The Morgan fingerprint density at radius 1 is 1.29 bits per heavy atom. The minimum Gasteiger partial charge on any atom is -0.453 e. The van der Waals surface area contributed by atoms with Crippen molar-refractivity contribution in [1.82, 2.24) is 29.7 Å². The van der Waals surface area contributed by atoms with Gasteiger partial charge < -0.3 is 30.7 Å². The minimum absolute atomic E-state index is 0.0659. The maximum atomic E-state index is 12.4. The lowest BCUT2D eigenvalue weighted by atomic mass is 10.1. The van der Waals surface area contributed by atoms with Crippen LogP contribution in [-0.4, -0.2) is 90.7 Å². The minimum atomic E-state index is -1.42. The molecule has 3 heterocycles. The molecule has 4 atom stereocenters. The number of methoxy groups -OCH3 is 1. The van der Waals surface area contributed by atoms with E-state index < -0.39 is 36.5 Å². The Kier molecular flexibility index (Phi) is 5.72. The number of aliphatic hydroxyl groups is 2. The maximum Gasteiger partial charge on any atom is 0.410 e. The van der Waals surface area contributed by atoms with Crippen molar-refractivity contribution in [2.75, 3.05) is 19.4 Å². The highest BCUT2D eigenvalue weighted by atomic mass is 16.6. The molecule has 13 nitrogen and oxygen atoms in total. The van der Waals surface area contributed by atoms with Crippen LogP contribution in [0.1, 0.15) is 37.7 Å². The molecule has 13 heteroatoms. The van der Waals surface area contributed by atoms with Crippen molar-refractivity contribution in [2.24, 2.45) is 0 Å². The number of rotatable bonds is 5. The third kappa shape index (κ3) is 4.23. The average Bonchev–Trinajstić information content (AvgIpc) is 3.74. The summed E-state index contributed by atoms with van der Waals surface area (Å²) in [6.07, 6.45) is -0.705. The molecule has 3 aliphatic rings.